The highest BCUT2D eigenvalue weighted by atomic mass is 14.4. The van der Waals surface area contributed by atoms with E-state index in [2.05, 4.69) is 34.6 Å². The van der Waals surface area contributed by atoms with Crippen LogP contribution in [0.1, 0.15) is 125 Å². The number of hydrogen-bond donors (Lipinski definition) is 0. The van der Waals surface area contributed by atoms with Gasteiger partial charge in [-0.1, -0.05) is 112 Å². The fourth-order valence-electron chi connectivity index (χ4n) is 4.81. The molecule has 1 rings (SSSR count). The third kappa shape index (κ3) is 8.39. The van der Waals surface area contributed by atoms with Crippen molar-refractivity contribution >= 4 is 0 Å². The molecule has 1 aliphatic rings. The topological polar surface area (TPSA) is 0 Å². The van der Waals surface area contributed by atoms with E-state index >= 15 is 0 Å². The molecule has 1 fully saturated rings. The highest BCUT2D eigenvalue weighted by Gasteiger charge is 2.32. The van der Waals surface area contributed by atoms with Crippen LogP contribution >= 0.6 is 0 Å². The number of unbranched alkanes of at least 4 members (excludes halogenated alkanes) is 6. The minimum atomic E-state index is 0.936. The van der Waals surface area contributed by atoms with Crippen molar-refractivity contribution in [3.05, 3.63) is 0 Å². The number of hydrogen-bond acceptors (Lipinski definition) is 0. The Balaban J connectivity index is 1.95. The average molecular weight is 337 g/mol. The van der Waals surface area contributed by atoms with Crippen molar-refractivity contribution in [1.29, 1.82) is 0 Å². The van der Waals surface area contributed by atoms with Gasteiger partial charge < -0.3 is 0 Å². The molecule has 0 amide bonds. The van der Waals surface area contributed by atoms with Crippen LogP contribution in [0.4, 0.5) is 0 Å². The molecule has 0 aromatic carbocycles. The largest absolute Gasteiger partial charge is 0.0654 e. The molecular weight excluding hydrogens is 288 g/mol. The molecular formula is C24H48. The minimum Gasteiger partial charge on any atom is -0.0654 e. The molecule has 0 bridgehead atoms. The van der Waals surface area contributed by atoms with Crippen LogP contribution < -0.4 is 0 Å². The van der Waals surface area contributed by atoms with Crippen molar-refractivity contribution in [2.24, 2.45) is 29.6 Å². The average Bonchev–Trinajstić information content (AvgIpc) is 2.53. The summed E-state index contributed by atoms with van der Waals surface area (Å²) in [6.07, 6.45) is 20.5. The molecule has 0 N–H and O–H groups in total. The summed E-state index contributed by atoms with van der Waals surface area (Å²) < 4.78 is 0. The lowest BCUT2D eigenvalue weighted by Crippen LogP contribution is -2.30. The van der Waals surface area contributed by atoms with Gasteiger partial charge in [-0.25, -0.2) is 0 Å². The van der Waals surface area contributed by atoms with Gasteiger partial charge in [-0.3, -0.25) is 0 Å². The lowest BCUT2D eigenvalue weighted by molar-refractivity contribution is 0.102. The lowest BCUT2D eigenvalue weighted by atomic mass is 9.65. The third-order valence-electron chi connectivity index (χ3n) is 7.28. The van der Waals surface area contributed by atoms with Gasteiger partial charge in [0.1, 0.15) is 0 Å². The van der Waals surface area contributed by atoms with Gasteiger partial charge in [0.25, 0.3) is 0 Å². The molecule has 0 nitrogen and oxygen atoms in total. The second-order valence-corrected chi connectivity index (χ2v) is 9.18. The van der Waals surface area contributed by atoms with E-state index in [9.17, 15) is 0 Å². The normalized spacial score (nSPS) is 24.4. The summed E-state index contributed by atoms with van der Waals surface area (Å²) in [5.41, 5.74) is 0. The molecule has 0 radical (unpaired) electrons. The fourth-order valence-corrected chi connectivity index (χ4v) is 4.81. The van der Waals surface area contributed by atoms with E-state index in [0.29, 0.717) is 0 Å². The molecule has 0 heteroatoms. The van der Waals surface area contributed by atoms with Gasteiger partial charge in [-0.2, -0.15) is 0 Å². The van der Waals surface area contributed by atoms with Crippen molar-refractivity contribution in [2.75, 3.05) is 0 Å². The van der Waals surface area contributed by atoms with Crippen molar-refractivity contribution in [1.82, 2.24) is 0 Å². The Morgan fingerprint density at radius 2 is 1.21 bits per heavy atom. The van der Waals surface area contributed by atoms with Crippen LogP contribution in [0.5, 0.6) is 0 Å². The van der Waals surface area contributed by atoms with E-state index in [4.69, 9.17) is 0 Å². The first kappa shape index (κ1) is 22.0. The van der Waals surface area contributed by atoms with Gasteiger partial charge >= 0.3 is 0 Å². The third-order valence-corrected chi connectivity index (χ3v) is 7.28. The molecule has 0 aromatic rings. The first-order valence-corrected chi connectivity index (χ1v) is 11.6. The zero-order valence-electron chi connectivity index (χ0n) is 17.8. The van der Waals surface area contributed by atoms with Crippen LogP contribution in [0.15, 0.2) is 0 Å². The summed E-state index contributed by atoms with van der Waals surface area (Å²) in [6.45, 7) is 12.2. The second-order valence-electron chi connectivity index (χ2n) is 9.18. The monoisotopic (exact) mass is 336 g/mol. The highest BCUT2D eigenvalue weighted by molar-refractivity contribution is 4.83. The van der Waals surface area contributed by atoms with Crippen molar-refractivity contribution in [3.63, 3.8) is 0 Å². The summed E-state index contributed by atoms with van der Waals surface area (Å²) in [6, 6.07) is 0. The highest BCUT2D eigenvalue weighted by Crippen LogP contribution is 2.43. The van der Waals surface area contributed by atoms with Gasteiger partial charge in [0.15, 0.2) is 0 Å². The summed E-state index contributed by atoms with van der Waals surface area (Å²) in [5.74, 6) is 5.01. The van der Waals surface area contributed by atoms with Gasteiger partial charge in [0.05, 0.1) is 0 Å². The molecule has 1 aliphatic carbocycles. The van der Waals surface area contributed by atoms with E-state index in [0.717, 1.165) is 29.6 Å². The van der Waals surface area contributed by atoms with Crippen LogP contribution in [0, 0.1) is 29.6 Å². The molecule has 0 saturated heterocycles. The van der Waals surface area contributed by atoms with Gasteiger partial charge in [-0.15, -0.1) is 0 Å². The molecule has 144 valence electrons. The molecule has 5 atom stereocenters. The molecule has 24 heavy (non-hydrogen) atoms. The molecule has 0 spiro atoms. The zero-order chi connectivity index (χ0) is 17.8. The van der Waals surface area contributed by atoms with Crippen molar-refractivity contribution < 1.29 is 0 Å². The Hall–Kier alpha value is 0. The molecule has 0 aliphatic heterocycles. The van der Waals surface area contributed by atoms with Crippen molar-refractivity contribution in [2.45, 2.75) is 125 Å². The van der Waals surface area contributed by atoms with Gasteiger partial charge in [-0.05, 0) is 42.4 Å². The Morgan fingerprint density at radius 3 is 1.67 bits per heavy atom. The summed E-state index contributed by atoms with van der Waals surface area (Å²) in [5, 5.41) is 0. The first-order chi connectivity index (χ1) is 11.6. The van der Waals surface area contributed by atoms with Crippen LogP contribution in [-0.2, 0) is 0 Å². The Labute approximate surface area is 154 Å². The first-order valence-electron chi connectivity index (χ1n) is 11.6. The fraction of sp³-hybridized carbons (Fsp3) is 1.00. The lowest BCUT2D eigenvalue weighted by Gasteiger charge is -2.40. The maximum atomic E-state index is 2.52. The number of rotatable bonds is 15. The van der Waals surface area contributed by atoms with Gasteiger partial charge in [0.2, 0.25) is 0 Å². The Bertz CT molecular complexity index is 280. The molecule has 0 aromatic heterocycles. The maximum Gasteiger partial charge on any atom is -0.0360 e. The summed E-state index contributed by atoms with van der Waals surface area (Å²) in [4.78, 5) is 0. The molecule has 5 unspecified atom stereocenters. The predicted molar refractivity (Wildman–Crippen MR) is 110 cm³/mol. The standard InChI is InChI=1S/C24H48/c1-6-8-9-12-15-20(3)21(4)16-13-10-11-14-17-22(5)24-19-18-23(24)7-2/h20-24H,6-19H2,1-5H3. The Kier molecular flexibility index (Phi) is 12.2. The van der Waals surface area contributed by atoms with Gasteiger partial charge in [0, 0.05) is 0 Å². The van der Waals surface area contributed by atoms with E-state index in [1.54, 1.807) is 0 Å². The van der Waals surface area contributed by atoms with E-state index in [-0.39, 0.29) is 0 Å². The van der Waals surface area contributed by atoms with Crippen LogP contribution in [-0.4, -0.2) is 0 Å². The van der Waals surface area contributed by atoms with E-state index in [1.165, 1.54) is 89.9 Å². The van der Waals surface area contributed by atoms with E-state index < -0.39 is 0 Å². The minimum absolute atomic E-state index is 0.936. The SMILES string of the molecule is CCCCCCC(C)C(C)CCCCCCC(C)C1CCC1CC. The predicted octanol–water partition coefficient (Wildman–Crippen LogP) is 8.64. The van der Waals surface area contributed by atoms with Crippen LogP contribution in [0.25, 0.3) is 0 Å². The quantitative estimate of drug-likeness (QED) is 0.262. The zero-order valence-corrected chi connectivity index (χ0v) is 17.8. The molecule has 1 saturated carbocycles. The molecule has 0 heterocycles. The van der Waals surface area contributed by atoms with Crippen LogP contribution in [0.3, 0.4) is 0 Å². The van der Waals surface area contributed by atoms with E-state index in [1.807, 2.05) is 0 Å². The Morgan fingerprint density at radius 1 is 0.667 bits per heavy atom. The second kappa shape index (κ2) is 13.2. The summed E-state index contributed by atoms with van der Waals surface area (Å²) >= 11 is 0. The van der Waals surface area contributed by atoms with Crippen molar-refractivity contribution in [3.8, 4) is 0 Å². The summed E-state index contributed by atoms with van der Waals surface area (Å²) in [7, 11) is 0. The smallest absolute Gasteiger partial charge is 0.0360 e. The van der Waals surface area contributed by atoms with Crippen LogP contribution in [0.2, 0.25) is 0 Å². The maximum absolute atomic E-state index is 2.52.